The van der Waals surface area contributed by atoms with Crippen LogP contribution >= 0.6 is 11.3 Å². The van der Waals surface area contributed by atoms with Crippen molar-refractivity contribution >= 4 is 43.5 Å². The number of benzene rings is 2. The van der Waals surface area contributed by atoms with Gasteiger partial charge in [0.05, 0.1) is 23.9 Å². The summed E-state index contributed by atoms with van der Waals surface area (Å²) in [4.78, 5) is 25.3. The summed E-state index contributed by atoms with van der Waals surface area (Å²) in [5, 5.41) is 2.04. The molecule has 0 aliphatic carbocycles. The maximum atomic E-state index is 13.1. The number of fused-ring (bicyclic) bond motifs is 2. The number of hydrogen-bond donors (Lipinski definition) is 1. The van der Waals surface area contributed by atoms with Gasteiger partial charge >= 0.3 is 0 Å². The molecule has 1 amide bonds. The minimum absolute atomic E-state index is 0.127. The summed E-state index contributed by atoms with van der Waals surface area (Å²) in [6.45, 7) is 4.93. The van der Waals surface area contributed by atoms with E-state index < -0.39 is 0 Å². The molecule has 32 heavy (non-hydrogen) atoms. The van der Waals surface area contributed by atoms with Gasteiger partial charge in [-0.3, -0.25) is 14.6 Å². The van der Waals surface area contributed by atoms with Crippen molar-refractivity contribution < 1.29 is 9.53 Å². The SMILES string of the molecule is CCN(C(=O)CN1CCC(c2c[nH]c3ccc(OC)cc23)CC1)c1nc2ccccc2s1. The number of aromatic amines is 1. The molecule has 2 aromatic heterocycles. The van der Waals surface area contributed by atoms with Crippen molar-refractivity contribution in [3.63, 3.8) is 0 Å². The number of nitrogens with one attached hydrogen (secondary N) is 1. The minimum atomic E-state index is 0.127. The van der Waals surface area contributed by atoms with Gasteiger partial charge in [-0.1, -0.05) is 23.5 Å². The van der Waals surface area contributed by atoms with Gasteiger partial charge in [0.25, 0.3) is 0 Å². The Morgan fingerprint density at radius 1 is 1.25 bits per heavy atom. The van der Waals surface area contributed by atoms with E-state index in [0.717, 1.165) is 52.5 Å². The van der Waals surface area contributed by atoms with Crippen molar-refractivity contribution in [3.05, 3.63) is 54.2 Å². The van der Waals surface area contributed by atoms with Gasteiger partial charge in [0, 0.05) is 23.6 Å². The van der Waals surface area contributed by atoms with E-state index in [1.54, 1.807) is 18.4 Å². The van der Waals surface area contributed by atoms with Gasteiger partial charge in [-0.25, -0.2) is 4.98 Å². The number of amides is 1. The Morgan fingerprint density at radius 3 is 2.81 bits per heavy atom. The molecule has 7 heteroatoms. The fraction of sp³-hybridized carbons (Fsp3) is 0.360. The Kier molecular flexibility index (Phi) is 5.85. The van der Waals surface area contributed by atoms with Crippen LogP contribution < -0.4 is 9.64 Å². The number of hydrogen-bond acceptors (Lipinski definition) is 5. The van der Waals surface area contributed by atoms with Crippen LogP contribution in [0.2, 0.25) is 0 Å². The fourth-order valence-electron chi connectivity index (χ4n) is 4.66. The van der Waals surface area contributed by atoms with E-state index in [4.69, 9.17) is 4.74 Å². The largest absolute Gasteiger partial charge is 0.497 e. The molecule has 0 saturated carbocycles. The van der Waals surface area contributed by atoms with Crippen molar-refractivity contribution in [2.75, 3.05) is 38.2 Å². The fourth-order valence-corrected chi connectivity index (χ4v) is 5.71. The number of likely N-dealkylation sites (N-methyl/N-ethyl adjacent to an activating group) is 1. The number of nitrogens with zero attached hydrogens (tertiary/aromatic N) is 3. The van der Waals surface area contributed by atoms with Crippen LogP contribution in [0.1, 0.15) is 31.2 Å². The molecule has 1 aliphatic rings. The average molecular weight is 449 g/mol. The summed E-state index contributed by atoms with van der Waals surface area (Å²) in [5.41, 5.74) is 3.46. The van der Waals surface area contributed by atoms with Crippen LogP contribution in [0.15, 0.2) is 48.7 Å². The molecule has 0 bridgehead atoms. The lowest BCUT2D eigenvalue weighted by molar-refractivity contribution is -0.120. The highest BCUT2D eigenvalue weighted by atomic mass is 32.1. The monoisotopic (exact) mass is 448 g/mol. The van der Waals surface area contributed by atoms with E-state index in [9.17, 15) is 4.79 Å². The molecule has 1 fully saturated rings. The van der Waals surface area contributed by atoms with Crippen molar-refractivity contribution in [2.24, 2.45) is 0 Å². The molecule has 0 radical (unpaired) electrons. The Balaban J connectivity index is 1.24. The first-order chi connectivity index (χ1) is 15.7. The number of anilines is 1. The summed E-state index contributed by atoms with van der Waals surface area (Å²) in [6, 6.07) is 14.2. The zero-order chi connectivity index (χ0) is 22.1. The number of carbonyl (C=O) groups is 1. The van der Waals surface area contributed by atoms with E-state index in [1.165, 1.54) is 10.9 Å². The van der Waals surface area contributed by atoms with E-state index in [1.807, 2.05) is 36.1 Å². The standard InChI is InChI=1S/C25H28N4O2S/c1-3-29(25-27-22-6-4-5-7-23(22)32-25)24(30)16-28-12-10-17(11-13-28)20-15-26-21-9-8-18(31-2)14-19(20)21/h4-9,14-15,17,26H,3,10-13,16H2,1-2H3. The second kappa shape index (κ2) is 8.92. The zero-order valence-corrected chi connectivity index (χ0v) is 19.3. The molecule has 1 N–H and O–H groups in total. The van der Waals surface area contributed by atoms with Crippen LogP contribution in [0, 0.1) is 0 Å². The number of carbonyl (C=O) groups excluding carboxylic acids is 1. The van der Waals surface area contributed by atoms with Crippen molar-refractivity contribution in [1.29, 1.82) is 0 Å². The number of ether oxygens (including phenoxy) is 1. The summed E-state index contributed by atoms with van der Waals surface area (Å²) in [6.07, 6.45) is 4.23. The molecule has 0 unspecified atom stereocenters. The van der Waals surface area contributed by atoms with E-state index in [-0.39, 0.29) is 5.91 Å². The van der Waals surface area contributed by atoms with E-state index in [0.29, 0.717) is 19.0 Å². The first-order valence-electron chi connectivity index (χ1n) is 11.2. The summed E-state index contributed by atoms with van der Waals surface area (Å²) in [5.74, 6) is 1.51. The predicted molar refractivity (Wildman–Crippen MR) is 131 cm³/mol. The third-order valence-corrected chi connectivity index (χ3v) is 7.50. The lowest BCUT2D eigenvalue weighted by Crippen LogP contribution is -2.43. The molecular formula is C25H28N4O2S. The molecular weight excluding hydrogens is 420 g/mol. The number of rotatable bonds is 6. The van der Waals surface area contributed by atoms with Crippen LogP contribution in [0.5, 0.6) is 5.75 Å². The topological polar surface area (TPSA) is 61.5 Å². The van der Waals surface area contributed by atoms with Crippen LogP contribution in [-0.2, 0) is 4.79 Å². The molecule has 166 valence electrons. The van der Waals surface area contributed by atoms with Crippen LogP contribution in [0.25, 0.3) is 21.1 Å². The Morgan fingerprint density at radius 2 is 2.06 bits per heavy atom. The zero-order valence-electron chi connectivity index (χ0n) is 18.5. The first kappa shape index (κ1) is 21.0. The quantitative estimate of drug-likeness (QED) is 0.450. The highest BCUT2D eigenvalue weighted by molar-refractivity contribution is 7.22. The maximum absolute atomic E-state index is 13.1. The number of para-hydroxylation sites is 1. The maximum Gasteiger partial charge on any atom is 0.242 e. The van der Waals surface area contributed by atoms with Crippen LogP contribution in [0.3, 0.4) is 0 Å². The lowest BCUT2D eigenvalue weighted by Gasteiger charge is -2.32. The third-order valence-electron chi connectivity index (χ3n) is 6.44. The Hall–Kier alpha value is -2.90. The molecule has 2 aromatic carbocycles. The normalized spacial score (nSPS) is 15.4. The van der Waals surface area contributed by atoms with Crippen molar-refractivity contribution in [2.45, 2.75) is 25.7 Å². The molecule has 1 saturated heterocycles. The van der Waals surface area contributed by atoms with Gasteiger partial charge in [0.2, 0.25) is 5.91 Å². The first-order valence-corrected chi connectivity index (χ1v) is 12.0. The number of piperidine rings is 1. The van der Waals surface area contributed by atoms with Crippen molar-refractivity contribution in [1.82, 2.24) is 14.9 Å². The number of methoxy groups -OCH3 is 1. The van der Waals surface area contributed by atoms with Gasteiger partial charge in [-0.05, 0) is 74.7 Å². The number of H-pyrrole nitrogens is 1. The number of likely N-dealkylation sites (tertiary alicyclic amines) is 1. The summed E-state index contributed by atoms with van der Waals surface area (Å²) < 4.78 is 6.53. The Labute approximate surface area is 191 Å². The molecule has 6 nitrogen and oxygen atoms in total. The summed E-state index contributed by atoms with van der Waals surface area (Å²) >= 11 is 1.58. The predicted octanol–water partition coefficient (Wildman–Crippen LogP) is 5.02. The van der Waals surface area contributed by atoms with Gasteiger partial charge in [0.1, 0.15) is 5.75 Å². The molecule has 5 rings (SSSR count). The molecule has 4 aromatic rings. The minimum Gasteiger partial charge on any atom is -0.497 e. The van der Waals surface area contributed by atoms with Crippen LogP contribution in [0.4, 0.5) is 5.13 Å². The molecule has 0 spiro atoms. The lowest BCUT2D eigenvalue weighted by atomic mass is 9.89. The highest BCUT2D eigenvalue weighted by Crippen LogP contribution is 2.35. The molecule has 3 heterocycles. The molecule has 1 aliphatic heterocycles. The van der Waals surface area contributed by atoms with Crippen LogP contribution in [-0.4, -0.2) is 54.1 Å². The average Bonchev–Trinajstić information content (AvgIpc) is 3.43. The highest BCUT2D eigenvalue weighted by Gasteiger charge is 2.26. The van der Waals surface area contributed by atoms with Gasteiger partial charge in [-0.15, -0.1) is 0 Å². The smallest absolute Gasteiger partial charge is 0.242 e. The third kappa shape index (κ3) is 3.98. The summed E-state index contributed by atoms with van der Waals surface area (Å²) in [7, 11) is 1.71. The Bertz CT molecular complexity index is 1210. The van der Waals surface area contributed by atoms with Crippen molar-refractivity contribution in [3.8, 4) is 5.75 Å². The second-order valence-electron chi connectivity index (χ2n) is 8.31. The number of aromatic nitrogens is 2. The van der Waals surface area contributed by atoms with Gasteiger partial charge < -0.3 is 9.72 Å². The number of thiazole rings is 1. The van der Waals surface area contributed by atoms with Gasteiger partial charge in [0.15, 0.2) is 5.13 Å². The second-order valence-corrected chi connectivity index (χ2v) is 9.32. The van der Waals surface area contributed by atoms with Gasteiger partial charge in [-0.2, -0.15) is 0 Å². The van der Waals surface area contributed by atoms with E-state index >= 15 is 0 Å². The molecule has 0 atom stereocenters. The van der Waals surface area contributed by atoms with E-state index in [2.05, 4.69) is 39.3 Å².